The molecular weight excluding hydrogens is 572 g/mol. The number of rotatable bonds is 14. The zero-order valence-electron chi connectivity index (χ0n) is 24.4. The third-order valence-corrected chi connectivity index (χ3v) is 6.36. The molecule has 10 heteroatoms. The quantitative estimate of drug-likeness (QED) is 0.0626. The molecule has 4 aromatic carbocycles. The number of carbonyl (C=O) groups is 4. The molecule has 0 aliphatic carbocycles. The lowest BCUT2D eigenvalue weighted by atomic mass is 10.1. The third-order valence-electron chi connectivity index (χ3n) is 6.36. The van der Waals surface area contributed by atoms with E-state index in [1.54, 1.807) is 97.1 Å². The Morgan fingerprint density at radius 3 is 1.31 bits per heavy atom. The molecule has 0 aliphatic heterocycles. The number of carbonyl (C=O) groups excluding carboxylic acids is 4. The Hall–Kier alpha value is -5.90. The Morgan fingerprint density at radius 2 is 0.889 bits per heavy atom. The summed E-state index contributed by atoms with van der Waals surface area (Å²) in [6, 6.07) is 31.0. The van der Waals surface area contributed by atoms with E-state index in [1.165, 1.54) is 12.4 Å². The van der Waals surface area contributed by atoms with Crippen LogP contribution in [0.5, 0.6) is 11.5 Å². The van der Waals surface area contributed by atoms with Gasteiger partial charge >= 0.3 is 11.9 Å². The molecule has 0 spiro atoms. The molecule has 228 valence electrons. The fraction of sp³-hybridized carbons (Fsp3) is 0.143. The van der Waals surface area contributed by atoms with Crippen LogP contribution >= 0.6 is 0 Å². The second-order valence-electron chi connectivity index (χ2n) is 9.73. The maximum Gasteiger partial charge on any atom is 0.343 e. The van der Waals surface area contributed by atoms with Gasteiger partial charge in [0.25, 0.3) is 0 Å². The van der Waals surface area contributed by atoms with Crippen LogP contribution in [0.3, 0.4) is 0 Å². The number of para-hydroxylation sites is 2. The highest BCUT2D eigenvalue weighted by atomic mass is 16.5. The molecule has 0 radical (unpaired) electrons. The van der Waals surface area contributed by atoms with Crippen LogP contribution in [0, 0.1) is 0 Å². The van der Waals surface area contributed by atoms with Crippen molar-refractivity contribution in [3.63, 3.8) is 0 Å². The standard InChI is InChI=1S/C35H32N4O6/c40-32(38-36-24-28-18-10-12-20-30(28)44-34(42)26-14-4-1-5-15-26)22-8-3-9-23-33(41)39-37-25-29-19-11-13-21-31(29)45-35(43)27-16-6-2-7-17-27/h1-2,4-7,10-21,24-25H,3,8-9,22-23H2,(H,38,40)(H,39,41)/b36-24+,37-25+. The van der Waals surface area contributed by atoms with Crippen molar-refractivity contribution in [2.45, 2.75) is 32.1 Å². The minimum absolute atomic E-state index is 0.236. The van der Waals surface area contributed by atoms with Gasteiger partial charge in [-0.1, -0.05) is 67.1 Å². The van der Waals surface area contributed by atoms with Crippen LogP contribution in [0.4, 0.5) is 0 Å². The molecule has 0 aromatic heterocycles. The molecule has 0 unspecified atom stereocenters. The van der Waals surface area contributed by atoms with E-state index in [0.717, 1.165) is 0 Å². The number of hydrazone groups is 2. The fourth-order valence-corrected chi connectivity index (χ4v) is 4.03. The normalized spacial score (nSPS) is 10.8. The largest absolute Gasteiger partial charge is 0.422 e. The van der Waals surface area contributed by atoms with E-state index >= 15 is 0 Å². The molecule has 0 saturated carbocycles. The zero-order chi connectivity index (χ0) is 31.7. The number of nitrogens with zero attached hydrogens (tertiary/aromatic N) is 2. The zero-order valence-corrected chi connectivity index (χ0v) is 24.4. The number of nitrogens with one attached hydrogen (secondary N) is 2. The second-order valence-corrected chi connectivity index (χ2v) is 9.73. The van der Waals surface area contributed by atoms with E-state index in [2.05, 4.69) is 21.1 Å². The van der Waals surface area contributed by atoms with E-state index < -0.39 is 11.9 Å². The van der Waals surface area contributed by atoms with Gasteiger partial charge in [-0.2, -0.15) is 10.2 Å². The summed E-state index contributed by atoms with van der Waals surface area (Å²) in [5, 5.41) is 7.96. The van der Waals surface area contributed by atoms with Gasteiger partial charge in [-0.25, -0.2) is 20.4 Å². The first-order valence-corrected chi connectivity index (χ1v) is 14.4. The number of benzene rings is 4. The average Bonchev–Trinajstić information content (AvgIpc) is 3.07. The van der Waals surface area contributed by atoms with Crippen molar-refractivity contribution in [3.8, 4) is 11.5 Å². The van der Waals surface area contributed by atoms with Gasteiger partial charge < -0.3 is 9.47 Å². The minimum Gasteiger partial charge on any atom is -0.422 e. The number of unbranched alkanes of at least 4 members (excludes halogenated alkanes) is 2. The lowest BCUT2D eigenvalue weighted by Gasteiger charge is -2.07. The van der Waals surface area contributed by atoms with E-state index in [4.69, 9.17) is 9.47 Å². The molecule has 10 nitrogen and oxygen atoms in total. The van der Waals surface area contributed by atoms with Crippen molar-refractivity contribution < 1.29 is 28.7 Å². The summed E-state index contributed by atoms with van der Waals surface area (Å²) in [6.07, 6.45) is 5.11. The average molecular weight is 605 g/mol. The van der Waals surface area contributed by atoms with Gasteiger partial charge in [0, 0.05) is 24.0 Å². The molecule has 45 heavy (non-hydrogen) atoms. The number of hydrogen-bond donors (Lipinski definition) is 2. The van der Waals surface area contributed by atoms with E-state index in [0.29, 0.717) is 53.0 Å². The number of esters is 2. The predicted molar refractivity (Wildman–Crippen MR) is 170 cm³/mol. The highest BCUT2D eigenvalue weighted by Crippen LogP contribution is 2.19. The van der Waals surface area contributed by atoms with Gasteiger partial charge in [0.2, 0.25) is 11.8 Å². The molecule has 0 atom stereocenters. The Balaban J connectivity index is 1.13. The molecule has 4 aromatic rings. The summed E-state index contributed by atoms with van der Waals surface area (Å²) < 4.78 is 11.0. The number of amides is 2. The molecule has 0 heterocycles. The summed E-state index contributed by atoms with van der Waals surface area (Å²) in [5.41, 5.74) is 6.86. The number of hydrogen-bond acceptors (Lipinski definition) is 8. The first kappa shape index (κ1) is 32.0. The van der Waals surface area contributed by atoms with Crippen LogP contribution in [0.25, 0.3) is 0 Å². The summed E-state index contributed by atoms with van der Waals surface area (Å²) >= 11 is 0. The molecule has 0 fully saturated rings. The Kier molecular flexibility index (Phi) is 12.3. The van der Waals surface area contributed by atoms with Gasteiger partial charge in [0.05, 0.1) is 23.6 Å². The van der Waals surface area contributed by atoms with Gasteiger partial charge in [0.15, 0.2) is 0 Å². The van der Waals surface area contributed by atoms with E-state index in [-0.39, 0.29) is 24.7 Å². The van der Waals surface area contributed by atoms with Gasteiger partial charge in [-0.15, -0.1) is 0 Å². The van der Waals surface area contributed by atoms with Crippen molar-refractivity contribution in [2.24, 2.45) is 10.2 Å². The van der Waals surface area contributed by atoms with Gasteiger partial charge in [-0.3, -0.25) is 9.59 Å². The first-order valence-electron chi connectivity index (χ1n) is 14.4. The summed E-state index contributed by atoms with van der Waals surface area (Å²) in [4.78, 5) is 49.1. The van der Waals surface area contributed by atoms with Crippen molar-refractivity contribution in [2.75, 3.05) is 0 Å². The van der Waals surface area contributed by atoms with Crippen LogP contribution in [0.15, 0.2) is 119 Å². The highest BCUT2D eigenvalue weighted by Gasteiger charge is 2.12. The van der Waals surface area contributed by atoms with Crippen molar-refractivity contribution in [1.82, 2.24) is 10.9 Å². The second kappa shape index (κ2) is 17.3. The third kappa shape index (κ3) is 10.7. The first-order chi connectivity index (χ1) is 22.0. The van der Waals surface area contributed by atoms with Crippen molar-refractivity contribution >= 4 is 36.2 Å². The summed E-state index contributed by atoms with van der Waals surface area (Å²) in [7, 11) is 0. The molecule has 0 saturated heterocycles. The maximum absolute atomic E-state index is 12.4. The smallest absolute Gasteiger partial charge is 0.343 e. The number of ether oxygens (including phenoxy) is 2. The Bertz CT molecular complexity index is 1530. The topological polar surface area (TPSA) is 136 Å². The van der Waals surface area contributed by atoms with Crippen LogP contribution < -0.4 is 20.3 Å². The van der Waals surface area contributed by atoms with Crippen molar-refractivity contribution in [1.29, 1.82) is 0 Å². The molecule has 2 amide bonds. The summed E-state index contributed by atoms with van der Waals surface area (Å²) in [6.45, 7) is 0. The molecular formula is C35H32N4O6. The van der Waals surface area contributed by atoms with Crippen LogP contribution in [-0.2, 0) is 9.59 Å². The molecule has 0 aliphatic rings. The lowest BCUT2D eigenvalue weighted by Crippen LogP contribution is -2.18. The fourth-order valence-electron chi connectivity index (χ4n) is 4.03. The monoisotopic (exact) mass is 604 g/mol. The van der Waals surface area contributed by atoms with Crippen LogP contribution in [-0.4, -0.2) is 36.2 Å². The van der Waals surface area contributed by atoms with Crippen molar-refractivity contribution in [3.05, 3.63) is 131 Å². The van der Waals surface area contributed by atoms with E-state index in [9.17, 15) is 19.2 Å². The Morgan fingerprint density at radius 1 is 0.511 bits per heavy atom. The maximum atomic E-state index is 12.4. The van der Waals surface area contributed by atoms with Gasteiger partial charge in [-0.05, 0) is 61.4 Å². The van der Waals surface area contributed by atoms with Crippen LogP contribution in [0.2, 0.25) is 0 Å². The SMILES string of the molecule is O=C(CCCCCC(=O)N/N=C/c1ccccc1OC(=O)c1ccccc1)N/N=C/c1ccccc1OC(=O)c1ccccc1. The highest BCUT2D eigenvalue weighted by molar-refractivity contribution is 5.94. The molecule has 2 N–H and O–H groups in total. The Labute approximate surface area is 260 Å². The predicted octanol–water partition coefficient (Wildman–Crippen LogP) is 5.68. The van der Waals surface area contributed by atoms with E-state index in [1.807, 2.05) is 12.1 Å². The van der Waals surface area contributed by atoms with Crippen LogP contribution in [0.1, 0.15) is 63.9 Å². The lowest BCUT2D eigenvalue weighted by molar-refractivity contribution is -0.121. The van der Waals surface area contributed by atoms with Gasteiger partial charge in [0.1, 0.15) is 11.5 Å². The molecule has 4 rings (SSSR count). The molecule has 0 bridgehead atoms. The summed E-state index contributed by atoms with van der Waals surface area (Å²) in [5.74, 6) is -0.886. The minimum atomic E-state index is -0.492.